The van der Waals surface area contributed by atoms with Crippen molar-refractivity contribution in [2.45, 2.75) is 71.5 Å². The molecule has 6 heteroatoms. The molecule has 38 heavy (non-hydrogen) atoms. The number of nitrogens with zero attached hydrogens (tertiary/aromatic N) is 1. The minimum absolute atomic E-state index is 0.223. The summed E-state index contributed by atoms with van der Waals surface area (Å²) in [6.45, 7) is 8.50. The molecule has 0 saturated heterocycles. The van der Waals surface area contributed by atoms with Crippen LogP contribution in [0.5, 0.6) is 5.75 Å². The van der Waals surface area contributed by atoms with Crippen LogP contribution in [0, 0.1) is 24.1 Å². The number of hydrogen-bond donors (Lipinski definition) is 1. The van der Waals surface area contributed by atoms with Crippen LogP contribution in [0.2, 0.25) is 0 Å². The lowest BCUT2D eigenvalue weighted by Crippen LogP contribution is -2.21. The predicted molar refractivity (Wildman–Crippen MR) is 145 cm³/mol. The van der Waals surface area contributed by atoms with Gasteiger partial charge in [0, 0.05) is 23.8 Å². The van der Waals surface area contributed by atoms with Gasteiger partial charge in [0.15, 0.2) is 0 Å². The highest BCUT2D eigenvalue weighted by atomic mass is 19.1. The number of halogens is 1. The maximum atomic E-state index is 14.9. The van der Waals surface area contributed by atoms with E-state index in [1.807, 2.05) is 31.2 Å². The molecule has 200 valence electrons. The van der Waals surface area contributed by atoms with Crippen molar-refractivity contribution in [2.75, 3.05) is 7.11 Å². The molecule has 0 amide bonds. The maximum absolute atomic E-state index is 14.9. The fourth-order valence-corrected chi connectivity index (χ4v) is 6.29. The van der Waals surface area contributed by atoms with Gasteiger partial charge in [-0.25, -0.2) is 4.39 Å². The van der Waals surface area contributed by atoms with Crippen LogP contribution in [0.3, 0.4) is 0 Å². The second kappa shape index (κ2) is 9.81. The van der Waals surface area contributed by atoms with Crippen LogP contribution in [-0.2, 0) is 28.0 Å². The number of benzene rings is 2. The smallest absolute Gasteiger partial charge is 0.307 e. The predicted octanol–water partition coefficient (Wildman–Crippen LogP) is 7.19. The average molecular weight is 518 g/mol. The zero-order chi connectivity index (χ0) is 27.2. The summed E-state index contributed by atoms with van der Waals surface area (Å²) in [5.41, 5.74) is 5.79. The first kappa shape index (κ1) is 26.4. The second-order valence-corrected chi connectivity index (χ2v) is 11.9. The molecule has 0 unspecified atom stereocenters. The lowest BCUT2D eigenvalue weighted by atomic mass is 9.78. The van der Waals surface area contributed by atoms with Crippen molar-refractivity contribution < 1.29 is 23.8 Å². The first-order chi connectivity index (χ1) is 18.0. The second-order valence-electron chi connectivity index (χ2n) is 11.9. The molecular formula is C32H36FNO4. The van der Waals surface area contributed by atoms with Gasteiger partial charge in [-0.15, -0.1) is 0 Å². The zero-order valence-electron chi connectivity index (χ0n) is 22.8. The number of hydrogen-bond acceptors (Lipinski definition) is 4. The van der Waals surface area contributed by atoms with Crippen molar-refractivity contribution in [3.8, 4) is 16.9 Å². The van der Waals surface area contributed by atoms with Crippen molar-refractivity contribution in [2.24, 2.45) is 11.3 Å². The number of methoxy groups -OCH3 is 1. The van der Waals surface area contributed by atoms with Crippen molar-refractivity contribution in [3.05, 3.63) is 82.4 Å². The third kappa shape index (κ3) is 4.82. The number of carboxylic acids is 1. The lowest BCUT2D eigenvalue weighted by molar-refractivity contribution is -0.139. The SMILES string of the molecule is CO[C@@H](c1cc(COc2ccc3c(c2)[C@]2(CCC3)C[C@H]2C(=O)O)ccc1-c1cc(C)ncc1F)C(C)(C)C. The van der Waals surface area contributed by atoms with Crippen LogP contribution in [-0.4, -0.2) is 23.2 Å². The molecule has 1 fully saturated rings. The van der Waals surface area contributed by atoms with Crippen molar-refractivity contribution in [3.63, 3.8) is 0 Å². The standard InChI is InChI=1S/C32H36FNO4/c1-19-13-24(28(33)17-34-19)23-11-8-20(14-25(23)29(37-5)31(2,3)4)18-38-22-10-9-21-7-6-12-32(26(21)15-22)16-27(32)30(35)36/h8-11,13-15,17,27,29H,6-7,12,16,18H2,1-5H3,(H,35,36)/t27-,29-,32-/m0/s1. The number of rotatable bonds is 7. The van der Waals surface area contributed by atoms with Crippen LogP contribution in [0.25, 0.3) is 11.1 Å². The highest BCUT2D eigenvalue weighted by Crippen LogP contribution is 2.60. The largest absolute Gasteiger partial charge is 0.489 e. The number of fused-ring (bicyclic) bond motifs is 2. The number of carboxylic acid groups (broad SMARTS) is 1. The molecule has 1 saturated carbocycles. The molecular weight excluding hydrogens is 481 g/mol. The molecule has 5 nitrogen and oxygen atoms in total. The summed E-state index contributed by atoms with van der Waals surface area (Å²) in [7, 11) is 1.68. The monoisotopic (exact) mass is 517 g/mol. The molecule has 3 atom stereocenters. The quantitative estimate of drug-likeness (QED) is 0.359. The molecule has 2 aromatic carbocycles. The van der Waals surface area contributed by atoms with E-state index in [1.165, 1.54) is 11.8 Å². The van der Waals surface area contributed by atoms with E-state index in [1.54, 1.807) is 13.2 Å². The van der Waals surface area contributed by atoms with Crippen LogP contribution in [0.1, 0.15) is 74.1 Å². The molecule has 0 bridgehead atoms. The van der Waals surface area contributed by atoms with Gasteiger partial charge in [-0.1, -0.05) is 39.0 Å². The molecule has 1 aromatic heterocycles. The van der Waals surface area contributed by atoms with E-state index in [9.17, 15) is 14.3 Å². The molecule has 3 aromatic rings. The molecule has 0 aliphatic heterocycles. The molecule has 1 spiro atoms. The van der Waals surface area contributed by atoms with Gasteiger partial charge in [0.2, 0.25) is 0 Å². The first-order valence-electron chi connectivity index (χ1n) is 13.3. The van der Waals surface area contributed by atoms with E-state index < -0.39 is 5.97 Å². The van der Waals surface area contributed by atoms with Gasteiger partial charge < -0.3 is 14.6 Å². The van der Waals surface area contributed by atoms with Crippen molar-refractivity contribution >= 4 is 5.97 Å². The van der Waals surface area contributed by atoms with E-state index >= 15 is 0 Å². The van der Waals surface area contributed by atoms with E-state index in [0.29, 0.717) is 18.6 Å². The number of aromatic nitrogens is 1. The molecule has 0 radical (unpaired) electrons. The average Bonchev–Trinajstić information content (AvgIpc) is 3.59. The van der Waals surface area contributed by atoms with Gasteiger partial charge in [-0.05, 0) is 90.1 Å². The Morgan fingerprint density at radius 2 is 1.97 bits per heavy atom. The number of carbonyl (C=O) groups is 1. The Labute approximate surface area is 224 Å². The highest BCUT2D eigenvalue weighted by Gasteiger charge is 2.60. The molecule has 1 N–H and O–H groups in total. The normalized spacial score (nSPS) is 21.2. The maximum Gasteiger partial charge on any atom is 0.307 e. The summed E-state index contributed by atoms with van der Waals surface area (Å²) in [6.07, 6.45) is 4.63. The van der Waals surface area contributed by atoms with Crippen molar-refractivity contribution in [1.82, 2.24) is 4.98 Å². The minimum atomic E-state index is -0.704. The highest BCUT2D eigenvalue weighted by molar-refractivity contribution is 5.78. The molecule has 5 rings (SSSR count). The van der Waals surface area contributed by atoms with Crippen LogP contribution in [0.15, 0.2) is 48.7 Å². The van der Waals surface area contributed by atoms with Gasteiger partial charge in [0.25, 0.3) is 0 Å². The van der Waals surface area contributed by atoms with Gasteiger partial charge in [0.1, 0.15) is 18.2 Å². The lowest BCUT2D eigenvalue weighted by Gasteiger charge is -2.32. The van der Waals surface area contributed by atoms with Crippen molar-refractivity contribution in [1.29, 1.82) is 0 Å². The topological polar surface area (TPSA) is 68.7 Å². The number of aliphatic carboxylic acids is 1. The van der Waals surface area contributed by atoms with Crippen LogP contribution in [0.4, 0.5) is 4.39 Å². The van der Waals surface area contributed by atoms with Gasteiger partial charge in [-0.3, -0.25) is 9.78 Å². The molecule has 2 aliphatic rings. The van der Waals surface area contributed by atoms with E-state index in [0.717, 1.165) is 53.0 Å². The Morgan fingerprint density at radius 1 is 1.18 bits per heavy atom. The minimum Gasteiger partial charge on any atom is -0.489 e. The first-order valence-corrected chi connectivity index (χ1v) is 13.3. The Bertz CT molecular complexity index is 1380. The Balaban J connectivity index is 1.46. The van der Waals surface area contributed by atoms with E-state index in [4.69, 9.17) is 9.47 Å². The number of ether oxygens (including phenoxy) is 2. The number of pyridine rings is 1. The zero-order valence-corrected chi connectivity index (χ0v) is 22.8. The third-order valence-corrected chi connectivity index (χ3v) is 8.17. The Kier molecular flexibility index (Phi) is 6.80. The summed E-state index contributed by atoms with van der Waals surface area (Å²) >= 11 is 0. The third-order valence-electron chi connectivity index (χ3n) is 8.17. The Hall–Kier alpha value is -3.25. The van der Waals surface area contributed by atoms with E-state index in [-0.39, 0.29) is 28.7 Å². The summed E-state index contributed by atoms with van der Waals surface area (Å²) in [6, 6.07) is 13.8. The fraction of sp³-hybridized carbons (Fsp3) is 0.438. The summed E-state index contributed by atoms with van der Waals surface area (Å²) in [4.78, 5) is 15.8. The summed E-state index contributed by atoms with van der Waals surface area (Å²) < 4.78 is 27.1. The molecule has 1 heterocycles. The fourth-order valence-electron chi connectivity index (χ4n) is 6.29. The van der Waals surface area contributed by atoms with E-state index in [2.05, 4.69) is 37.9 Å². The van der Waals surface area contributed by atoms with Crippen LogP contribution < -0.4 is 4.74 Å². The van der Waals surface area contributed by atoms with Crippen LogP contribution >= 0.6 is 0 Å². The summed E-state index contributed by atoms with van der Waals surface area (Å²) in [5, 5.41) is 9.63. The van der Waals surface area contributed by atoms with Gasteiger partial charge in [0.05, 0.1) is 18.2 Å². The number of aryl methyl sites for hydroxylation is 2. The molecule has 2 aliphatic carbocycles. The van der Waals surface area contributed by atoms with Gasteiger partial charge in [-0.2, -0.15) is 0 Å². The Morgan fingerprint density at radius 3 is 2.66 bits per heavy atom. The summed E-state index contributed by atoms with van der Waals surface area (Å²) in [5.74, 6) is -0.634. The van der Waals surface area contributed by atoms with Gasteiger partial charge >= 0.3 is 5.97 Å².